The van der Waals surface area contributed by atoms with Crippen LogP contribution >= 0.6 is 0 Å². The van der Waals surface area contributed by atoms with Crippen LogP contribution in [-0.2, 0) is 26.5 Å². The van der Waals surface area contributed by atoms with Crippen LogP contribution in [0, 0.1) is 6.07 Å². The van der Waals surface area contributed by atoms with Gasteiger partial charge in [-0.3, -0.25) is 9.55 Å². The minimum Gasteiger partial charge on any atom is -0.507 e. The quantitative estimate of drug-likeness (QED) is 0.162. The van der Waals surface area contributed by atoms with E-state index >= 15 is 0 Å². The number of pyridine rings is 1. The zero-order valence-electron chi connectivity index (χ0n) is 36.7. The molecular weight excluding hydrogens is 842 g/mol. The first kappa shape index (κ1) is 29.8. The van der Waals surface area contributed by atoms with E-state index in [0.717, 1.165) is 44.6 Å². The van der Waals surface area contributed by atoms with Gasteiger partial charge in [0.1, 0.15) is 11.6 Å². The molecule has 2 aromatic heterocycles. The summed E-state index contributed by atoms with van der Waals surface area (Å²) in [6, 6.07) is 38.7. The van der Waals surface area contributed by atoms with Gasteiger partial charge in [-0.15, -0.1) is 29.3 Å². The molecule has 6 aromatic carbocycles. The molecule has 0 saturated carbocycles. The maximum absolute atomic E-state index is 11.2. The molecule has 0 unspecified atom stereocenters. The maximum atomic E-state index is 11.2. The molecule has 1 N–H and O–H groups in total. The molecule has 0 spiro atoms. The fraction of sp³-hybridized carbons (Fsp3) is 0.143. The number of hydrogen-bond donors (Lipinski definition) is 1. The number of nitrogens with zero attached hydrogens (tertiary/aromatic N) is 3. The molecule has 5 heteroatoms. The van der Waals surface area contributed by atoms with Gasteiger partial charge in [-0.05, 0) is 75.5 Å². The molecule has 0 aliphatic heterocycles. The number of para-hydroxylation sites is 2. The normalized spacial score (nSPS) is 13.3. The van der Waals surface area contributed by atoms with E-state index in [0.29, 0.717) is 33.7 Å². The van der Waals surface area contributed by atoms with E-state index < -0.39 is 24.0 Å². The summed E-state index contributed by atoms with van der Waals surface area (Å²) < 4.78 is 53.0. The van der Waals surface area contributed by atoms with Crippen LogP contribution in [0.1, 0.15) is 59.9 Å². The van der Waals surface area contributed by atoms with E-state index in [1.54, 1.807) is 30.5 Å². The number of rotatable bonds is 7. The molecule has 0 aliphatic carbocycles. The molecule has 8 aromatic rings. The van der Waals surface area contributed by atoms with Gasteiger partial charge >= 0.3 is 0 Å². The number of aromatic hydroxyl groups is 1. The molecule has 8 rings (SSSR count). The predicted octanol–water partition coefficient (Wildman–Crippen LogP) is 12.7. The summed E-state index contributed by atoms with van der Waals surface area (Å²) >= 11 is 0. The molecule has 0 bridgehead atoms. The topological polar surface area (TPSA) is 50.9 Å². The zero-order valence-corrected chi connectivity index (χ0v) is 32.9. The summed E-state index contributed by atoms with van der Waals surface area (Å²) in [5.74, 6) is -0.321. The van der Waals surface area contributed by atoms with E-state index in [9.17, 15) is 6.48 Å². The van der Waals surface area contributed by atoms with Gasteiger partial charge in [-0.1, -0.05) is 143 Å². The second-order valence-corrected chi connectivity index (χ2v) is 14.4. The Morgan fingerprint density at radius 1 is 0.722 bits per heavy atom. The SMILES string of the molecule is [2H]c1c([2H])c([2H])c(-c2ccnc(-c3[c-]c(-c4cccc5c4nc(-c4ccccc4O)n5-c4ccc(-c5ccccc5)c(C([2H])(C)C)c4)cc(C(C)(C)C)c3)c2)c([2H])c1[2H].[Pt]. The number of hydrogen-bond acceptors (Lipinski definition) is 3. The van der Waals surface area contributed by atoms with E-state index in [2.05, 4.69) is 51.1 Å². The molecule has 270 valence electrons. The van der Waals surface area contributed by atoms with Crippen LogP contribution in [0.3, 0.4) is 0 Å². The Morgan fingerprint density at radius 3 is 2.19 bits per heavy atom. The molecule has 4 nitrogen and oxygen atoms in total. The molecule has 2 heterocycles. The number of phenols is 1. The second kappa shape index (κ2) is 15.0. The number of aromatic nitrogens is 3. The first-order valence-electron chi connectivity index (χ1n) is 20.6. The first-order valence-corrected chi connectivity index (χ1v) is 17.6. The summed E-state index contributed by atoms with van der Waals surface area (Å²) in [5, 5.41) is 11.2. The van der Waals surface area contributed by atoms with Crippen LogP contribution in [0.25, 0.3) is 72.7 Å². The number of benzene rings is 6. The van der Waals surface area contributed by atoms with Gasteiger partial charge in [0.2, 0.25) is 0 Å². The van der Waals surface area contributed by atoms with E-state index in [-0.39, 0.29) is 49.9 Å². The van der Waals surface area contributed by atoms with Crippen molar-refractivity contribution in [2.45, 2.75) is 45.9 Å². The second-order valence-electron chi connectivity index (χ2n) is 14.4. The summed E-state index contributed by atoms with van der Waals surface area (Å²) in [6.07, 6.45) is 1.58. The van der Waals surface area contributed by atoms with Gasteiger partial charge in [0.05, 0.1) is 23.5 Å². The fourth-order valence-electron chi connectivity index (χ4n) is 6.79. The van der Waals surface area contributed by atoms with Crippen molar-refractivity contribution in [1.82, 2.24) is 14.5 Å². The number of phenolic OH excluding ortho intramolecular Hbond substituents is 1. The van der Waals surface area contributed by atoms with Crippen LogP contribution in [0.5, 0.6) is 5.75 Å². The Hall–Kier alpha value is -5.57. The van der Waals surface area contributed by atoms with Gasteiger partial charge in [0.15, 0.2) is 0 Å². The number of imidazole rings is 1. The number of fused-ring (bicyclic) bond motifs is 1. The van der Waals surface area contributed by atoms with Crippen LogP contribution in [0.2, 0.25) is 0 Å². The molecule has 0 amide bonds. The summed E-state index contributed by atoms with van der Waals surface area (Å²) in [7, 11) is 0. The molecule has 0 atom stereocenters. The van der Waals surface area contributed by atoms with Crippen LogP contribution in [-0.4, -0.2) is 19.6 Å². The molecule has 0 radical (unpaired) electrons. The van der Waals surface area contributed by atoms with Crippen molar-refractivity contribution in [3.05, 3.63) is 169 Å². The monoisotopic (exact) mass is 889 g/mol. The van der Waals surface area contributed by atoms with Crippen LogP contribution in [0.4, 0.5) is 0 Å². The van der Waals surface area contributed by atoms with E-state index in [1.165, 1.54) is 0 Å². The van der Waals surface area contributed by atoms with Crippen molar-refractivity contribution >= 4 is 11.0 Å². The largest absolute Gasteiger partial charge is 0.507 e. The fourth-order valence-corrected chi connectivity index (χ4v) is 6.79. The van der Waals surface area contributed by atoms with Gasteiger partial charge < -0.3 is 5.11 Å². The zero-order chi connectivity index (χ0) is 42.0. The van der Waals surface area contributed by atoms with Crippen molar-refractivity contribution in [3.63, 3.8) is 0 Å². The summed E-state index contributed by atoms with van der Waals surface area (Å²) in [5.41, 5.74) is 9.66. The smallest absolute Gasteiger partial charge is 0.148 e. The third-order valence-electron chi connectivity index (χ3n) is 9.56. The Bertz CT molecular complexity index is 2910. The molecule has 0 fully saturated rings. The molecule has 0 aliphatic rings. The van der Waals surface area contributed by atoms with Crippen molar-refractivity contribution in [1.29, 1.82) is 0 Å². The predicted molar refractivity (Wildman–Crippen MR) is 219 cm³/mol. The van der Waals surface area contributed by atoms with Crippen molar-refractivity contribution in [2.75, 3.05) is 0 Å². The van der Waals surface area contributed by atoms with Gasteiger partial charge in [-0.25, -0.2) is 4.98 Å². The molecular formula is C49H42N3OPt-. The Labute approximate surface area is 340 Å². The van der Waals surface area contributed by atoms with Gasteiger partial charge in [-0.2, -0.15) is 0 Å². The molecule has 54 heavy (non-hydrogen) atoms. The van der Waals surface area contributed by atoms with Gasteiger partial charge in [0, 0.05) is 40.0 Å². The minimum atomic E-state index is -0.940. The average molecular weight is 890 g/mol. The van der Waals surface area contributed by atoms with Crippen molar-refractivity contribution in [2.24, 2.45) is 0 Å². The van der Waals surface area contributed by atoms with E-state index in [4.69, 9.17) is 16.8 Å². The third-order valence-corrected chi connectivity index (χ3v) is 9.56. The van der Waals surface area contributed by atoms with Crippen molar-refractivity contribution < 1.29 is 34.4 Å². The molecule has 0 saturated heterocycles. The Balaban J connectivity index is 0.00000544. The maximum Gasteiger partial charge on any atom is 0.148 e. The Morgan fingerprint density at radius 2 is 1.44 bits per heavy atom. The van der Waals surface area contributed by atoms with Crippen LogP contribution < -0.4 is 0 Å². The first-order chi connectivity index (χ1) is 28.0. The minimum absolute atomic E-state index is 0. The Kier molecular flexibility index (Phi) is 8.31. The summed E-state index contributed by atoms with van der Waals surface area (Å²) in [4.78, 5) is 9.98. The van der Waals surface area contributed by atoms with Crippen molar-refractivity contribution in [3.8, 4) is 67.5 Å². The standard InChI is InChI=1S/C49H42N3O.Pt/c1-32(2)43-31-39(23-24-40(43)34-17-10-7-11-18-34)52-45-21-14-20-41(47(45)51-48(52)42-19-12-13-22-46(42)53)36-27-37(29-38(28-36)49(3,4)5)44-30-35(25-26-50-44)33-15-8-6-9-16-33;/h6-26,28-32,53H,1-5H3;/q-1;/i6D,8D,9D,15D,16D,32D;. The average Bonchev–Trinajstić information content (AvgIpc) is 3.61. The van der Waals surface area contributed by atoms with E-state index in [1.807, 2.05) is 85.1 Å². The summed E-state index contributed by atoms with van der Waals surface area (Å²) in [6.45, 7) is 10.2. The third kappa shape index (κ3) is 7.07. The van der Waals surface area contributed by atoms with Gasteiger partial charge in [0.25, 0.3) is 0 Å². The van der Waals surface area contributed by atoms with Crippen LogP contribution in [0.15, 0.2) is 152 Å².